The molecule has 0 amide bonds. The molecule has 0 N–H and O–H groups in total. The van der Waals surface area contributed by atoms with Crippen molar-refractivity contribution in [1.82, 2.24) is 0 Å². The maximum absolute atomic E-state index is 14.0. The minimum Gasteiger partial charge on any atom is -0.691 e. The Kier molecular flexibility index (Phi) is 11.2. The van der Waals surface area contributed by atoms with Gasteiger partial charge in [0.15, 0.2) is 14.7 Å². The first kappa shape index (κ1) is 38.2. The summed E-state index contributed by atoms with van der Waals surface area (Å²) in [6, 6.07) is 32.2. The number of esters is 1. The van der Waals surface area contributed by atoms with E-state index in [1.165, 1.54) is 14.7 Å². The third-order valence-electron chi connectivity index (χ3n) is 6.32. The maximum atomic E-state index is 14.0. The average molecular weight is 733 g/mol. The Morgan fingerprint density at radius 2 is 0.936 bits per heavy atom. The number of halogens is 13. The summed E-state index contributed by atoms with van der Waals surface area (Å²) in [7, 11) is -0.0146. The number of ether oxygens (including phenoxy) is 1. The second kappa shape index (κ2) is 13.7. The van der Waals surface area contributed by atoms with Gasteiger partial charge in [-0.2, -0.15) is 57.0 Å². The smallest absolute Gasteiger partial charge is 0.415 e. The monoisotopic (exact) mass is 732 g/mol. The van der Waals surface area contributed by atoms with Gasteiger partial charge in [-0.05, 0) is 36.4 Å². The Morgan fingerprint density at radius 3 is 1.26 bits per heavy atom. The van der Waals surface area contributed by atoms with Crippen LogP contribution in [0.2, 0.25) is 0 Å². The van der Waals surface area contributed by atoms with Gasteiger partial charge in [0, 0.05) is 0 Å². The quantitative estimate of drug-likeness (QED) is 0.0562. The highest BCUT2D eigenvalue weighted by Crippen LogP contribution is 2.69. The third-order valence-corrected chi connectivity index (χ3v) is 9.05. The zero-order chi connectivity index (χ0) is 35.5. The van der Waals surface area contributed by atoms with Crippen LogP contribution in [-0.4, -0.2) is 53.1 Å². The summed E-state index contributed by atoms with van der Waals surface area (Å²) in [5, 5.41) is 6.39. The number of hydrogen-bond acceptors (Lipinski definition) is 6. The van der Waals surface area contributed by atoms with E-state index in [0.717, 1.165) is 0 Å². The number of alkyl halides is 13. The summed E-state index contributed by atoms with van der Waals surface area (Å²) in [5.41, 5.74) is -6.78. The Morgan fingerprint density at radius 1 is 0.617 bits per heavy atom. The van der Waals surface area contributed by atoms with E-state index in [1.54, 1.807) is 0 Å². The Hall–Kier alpha value is -3.20. The van der Waals surface area contributed by atoms with Crippen molar-refractivity contribution in [2.24, 2.45) is 0 Å². The summed E-state index contributed by atoms with van der Waals surface area (Å²) in [5.74, 6) is -40.5. The van der Waals surface area contributed by atoms with Crippen LogP contribution < -0.4 is 5.26 Å². The van der Waals surface area contributed by atoms with Crippen LogP contribution in [0.25, 0.3) is 0 Å². The molecular formula is C27H17F13O5S2. The van der Waals surface area contributed by atoms with E-state index in [9.17, 15) is 67.1 Å². The molecule has 47 heavy (non-hydrogen) atoms. The molecule has 0 aliphatic heterocycles. The molecule has 1 fully saturated rings. The standard InChI is InChI=1S/C18H15S.C9H3F13O5S/c1-4-10-16(11-5-1)19(17-12-6-2-7-13-17)18-14-8-3-9-15-18;10-3(1-25-2(23)4(11,12)28-27-26-24)5(13,14)7(17,18)9(21,22)8(19,20)6(3,15)16/h1-15H;24H,1H2/q+1;/p-1. The Bertz CT molecular complexity index is 1360. The molecule has 1 aliphatic rings. The van der Waals surface area contributed by atoms with Crippen LogP contribution in [0.3, 0.4) is 0 Å². The van der Waals surface area contributed by atoms with Crippen LogP contribution in [0.15, 0.2) is 106 Å². The van der Waals surface area contributed by atoms with Crippen LogP contribution in [0.1, 0.15) is 0 Å². The second-order valence-corrected chi connectivity index (χ2v) is 12.1. The van der Waals surface area contributed by atoms with E-state index in [2.05, 4.69) is 105 Å². The molecule has 0 spiro atoms. The maximum Gasteiger partial charge on any atom is 0.415 e. The molecule has 0 bridgehead atoms. The predicted molar refractivity (Wildman–Crippen MR) is 136 cm³/mol. The number of hydrogen-bond donors (Lipinski definition) is 0. The van der Waals surface area contributed by atoms with Crippen molar-refractivity contribution >= 4 is 28.9 Å². The van der Waals surface area contributed by atoms with E-state index >= 15 is 0 Å². The molecule has 1 aliphatic carbocycles. The summed E-state index contributed by atoms with van der Waals surface area (Å²) < 4.78 is 178. The van der Waals surface area contributed by atoms with Crippen molar-refractivity contribution in [3.8, 4) is 0 Å². The topological polar surface area (TPSA) is 67.8 Å². The van der Waals surface area contributed by atoms with Gasteiger partial charge in [-0.1, -0.05) is 54.6 Å². The van der Waals surface area contributed by atoms with E-state index in [1.807, 2.05) is 0 Å². The highest BCUT2D eigenvalue weighted by Gasteiger charge is 3.01. The molecule has 20 heteroatoms. The van der Waals surface area contributed by atoms with Gasteiger partial charge in [0.25, 0.3) is 5.67 Å². The van der Waals surface area contributed by atoms with Gasteiger partial charge in [0.05, 0.1) is 10.9 Å². The molecule has 0 atom stereocenters. The fourth-order valence-corrected chi connectivity index (χ4v) is 6.23. The van der Waals surface area contributed by atoms with Crippen LogP contribution in [0.5, 0.6) is 0 Å². The molecular weight excluding hydrogens is 715 g/mol. The molecule has 1 saturated carbocycles. The van der Waals surface area contributed by atoms with Crippen molar-refractivity contribution in [3.05, 3.63) is 91.0 Å². The fourth-order valence-electron chi connectivity index (χ4n) is 3.89. The third kappa shape index (κ3) is 6.61. The van der Waals surface area contributed by atoms with E-state index in [0.29, 0.717) is 0 Å². The van der Waals surface area contributed by atoms with Gasteiger partial charge in [-0.25, -0.2) is 9.18 Å². The van der Waals surface area contributed by atoms with Crippen molar-refractivity contribution < 1.29 is 81.2 Å². The number of carbonyl (C=O) groups excluding carboxylic acids is 1. The Balaban J connectivity index is 0.000000272. The summed E-state index contributed by atoms with van der Waals surface area (Å²) >= 11 is -1.58. The first-order chi connectivity index (χ1) is 21.6. The zero-order valence-electron chi connectivity index (χ0n) is 22.6. The molecule has 4 rings (SSSR count). The van der Waals surface area contributed by atoms with Gasteiger partial charge in [-0.3, -0.25) is 5.04 Å². The van der Waals surface area contributed by atoms with Crippen molar-refractivity contribution in [2.75, 3.05) is 6.61 Å². The summed E-state index contributed by atoms with van der Waals surface area (Å²) in [6.45, 7) is -3.65. The second-order valence-electron chi connectivity index (χ2n) is 9.23. The molecule has 0 saturated heterocycles. The fraction of sp³-hybridized carbons (Fsp3) is 0.296. The SMILES string of the molecule is O=C(OCC1(F)C(F)(F)C(F)(F)C(F)(F)C(F)(F)C1(F)F)C(F)(F)SOO[O-].c1ccc([S+](c2ccccc2)c2ccccc2)cc1. The first-order valence-corrected chi connectivity index (χ1v) is 14.3. The highest BCUT2D eigenvalue weighted by atomic mass is 32.2. The summed E-state index contributed by atoms with van der Waals surface area (Å²) in [6.07, 6.45) is 0. The lowest BCUT2D eigenvalue weighted by Crippen LogP contribution is -2.84. The van der Waals surface area contributed by atoms with Gasteiger partial charge in [0.1, 0.15) is 18.6 Å². The van der Waals surface area contributed by atoms with Gasteiger partial charge in [0.2, 0.25) is 0 Å². The average Bonchev–Trinajstić information content (AvgIpc) is 3.03. The van der Waals surface area contributed by atoms with Gasteiger partial charge in [-0.15, -0.1) is 0 Å². The van der Waals surface area contributed by atoms with Gasteiger partial charge >= 0.3 is 40.8 Å². The number of benzene rings is 3. The zero-order valence-corrected chi connectivity index (χ0v) is 24.3. The molecule has 0 aromatic heterocycles. The Labute approximate surface area is 263 Å². The first-order valence-electron chi connectivity index (χ1n) is 12.3. The lowest BCUT2D eigenvalue weighted by atomic mass is 9.72. The molecule has 258 valence electrons. The summed E-state index contributed by atoms with van der Waals surface area (Å²) in [4.78, 5) is 14.9. The highest BCUT2D eigenvalue weighted by molar-refractivity contribution is 7.97. The molecule has 3 aromatic rings. The van der Waals surface area contributed by atoms with E-state index in [-0.39, 0.29) is 10.9 Å². The van der Waals surface area contributed by atoms with Crippen LogP contribution in [0, 0.1) is 0 Å². The minimum atomic E-state index is -7.51. The van der Waals surface area contributed by atoms with E-state index in [4.69, 9.17) is 0 Å². The van der Waals surface area contributed by atoms with Crippen molar-refractivity contribution in [2.45, 2.75) is 55.2 Å². The molecule has 0 radical (unpaired) electrons. The number of rotatable bonds is 9. The molecule has 0 heterocycles. The normalized spacial score (nSPS) is 20.1. The van der Waals surface area contributed by atoms with Crippen LogP contribution >= 0.6 is 12.0 Å². The van der Waals surface area contributed by atoms with Crippen LogP contribution in [0.4, 0.5) is 57.1 Å². The van der Waals surface area contributed by atoms with E-state index < -0.39 is 65.2 Å². The minimum absolute atomic E-state index is 0.0146. The lowest BCUT2D eigenvalue weighted by Gasteiger charge is -2.52. The lowest BCUT2D eigenvalue weighted by molar-refractivity contribution is -0.777. The van der Waals surface area contributed by atoms with Gasteiger partial charge < -0.3 is 9.99 Å². The predicted octanol–water partition coefficient (Wildman–Crippen LogP) is 7.67. The van der Waals surface area contributed by atoms with Crippen molar-refractivity contribution in [3.63, 3.8) is 0 Å². The largest absolute Gasteiger partial charge is 0.691 e. The molecule has 3 aromatic carbocycles. The van der Waals surface area contributed by atoms with Crippen LogP contribution in [-0.2, 0) is 29.8 Å². The molecule has 5 nitrogen and oxygen atoms in total. The van der Waals surface area contributed by atoms with Crippen molar-refractivity contribution in [1.29, 1.82) is 0 Å². The number of carbonyl (C=O) groups is 1. The molecule has 0 unspecified atom stereocenters.